The summed E-state index contributed by atoms with van der Waals surface area (Å²) in [5.74, 6) is -0.528. The molecule has 0 spiro atoms. The number of hydrogen-bond acceptors (Lipinski definition) is 6. The van der Waals surface area contributed by atoms with Crippen LogP contribution >= 0.6 is 8.25 Å². The fourth-order valence-electron chi connectivity index (χ4n) is 1.02. The number of aliphatic hydroxyl groups excluding tert-OH is 2. The second kappa shape index (κ2) is 7.48. The maximum absolute atomic E-state index is 10.7. The van der Waals surface area contributed by atoms with Gasteiger partial charge in [0.05, 0.1) is 12.6 Å². The van der Waals surface area contributed by atoms with Gasteiger partial charge in [-0.3, -0.25) is 13.9 Å². The van der Waals surface area contributed by atoms with Crippen LogP contribution in [-0.2, 0) is 18.7 Å². The first-order valence-electron chi connectivity index (χ1n) is 4.33. The highest BCUT2D eigenvalue weighted by atomic mass is 31.1. The molecule has 0 aromatic carbocycles. The minimum atomic E-state index is -3.39. The smallest absolute Gasteiger partial charge is 0.317 e. The summed E-state index contributed by atoms with van der Waals surface area (Å²) < 4.78 is 14.6. The number of aliphatic hydroxyl groups is 2. The van der Waals surface area contributed by atoms with Gasteiger partial charge in [-0.15, -0.1) is 0 Å². The van der Waals surface area contributed by atoms with Crippen LogP contribution in [-0.4, -0.2) is 52.2 Å². The van der Waals surface area contributed by atoms with E-state index in [1.54, 1.807) is 0 Å². The largest absolute Gasteiger partial charge is 0.394 e. The van der Waals surface area contributed by atoms with E-state index in [0.717, 1.165) is 6.92 Å². The van der Waals surface area contributed by atoms with Crippen LogP contribution in [0.15, 0.2) is 0 Å². The van der Waals surface area contributed by atoms with Crippen LogP contribution in [0.4, 0.5) is 0 Å². The molecule has 4 atom stereocenters. The molecule has 9 heteroatoms. The highest BCUT2D eigenvalue weighted by molar-refractivity contribution is 7.32. The molecule has 0 heterocycles. The quantitative estimate of drug-likeness (QED) is 0.300. The zero-order valence-corrected chi connectivity index (χ0v) is 9.49. The normalized spacial score (nSPS) is 18.2. The van der Waals surface area contributed by atoms with E-state index < -0.39 is 39.0 Å². The van der Waals surface area contributed by atoms with E-state index in [0.29, 0.717) is 0 Å². The van der Waals surface area contributed by atoms with Crippen LogP contribution in [0.2, 0.25) is 0 Å². The SMILES string of the molecule is CC(=O)NC(CO)[C@@H](O)C(C=O)O[PH](=O)O. The van der Waals surface area contributed by atoms with Gasteiger partial charge in [-0.1, -0.05) is 0 Å². The summed E-state index contributed by atoms with van der Waals surface area (Å²) in [6.45, 7) is 0.516. The Morgan fingerprint density at radius 3 is 2.50 bits per heavy atom. The Hall–Kier alpha value is -0.790. The molecule has 0 saturated carbocycles. The molecular formula is C7H14NO7P. The van der Waals surface area contributed by atoms with E-state index in [-0.39, 0.29) is 6.29 Å². The molecule has 0 rings (SSSR count). The van der Waals surface area contributed by atoms with Crippen molar-refractivity contribution in [1.29, 1.82) is 0 Å². The van der Waals surface area contributed by atoms with Gasteiger partial charge in [0, 0.05) is 6.92 Å². The Morgan fingerprint density at radius 1 is 1.62 bits per heavy atom. The van der Waals surface area contributed by atoms with Crippen LogP contribution in [0.5, 0.6) is 0 Å². The molecule has 0 aromatic heterocycles. The second-order valence-electron chi connectivity index (χ2n) is 2.96. The average Bonchev–Trinajstić information content (AvgIpc) is 2.20. The number of hydrogen-bond donors (Lipinski definition) is 4. The first kappa shape index (κ1) is 15.2. The van der Waals surface area contributed by atoms with Crippen molar-refractivity contribution in [2.45, 2.75) is 25.2 Å². The van der Waals surface area contributed by atoms with Crippen molar-refractivity contribution in [2.24, 2.45) is 0 Å². The lowest BCUT2D eigenvalue weighted by Gasteiger charge is -2.24. The lowest BCUT2D eigenvalue weighted by Crippen LogP contribution is -2.50. The molecule has 0 bridgehead atoms. The van der Waals surface area contributed by atoms with Crippen molar-refractivity contribution in [2.75, 3.05) is 6.61 Å². The molecule has 1 amide bonds. The van der Waals surface area contributed by atoms with Crippen molar-refractivity contribution in [1.82, 2.24) is 5.32 Å². The molecule has 0 radical (unpaired) electrons. The number of amides is 1. The molecule has 94 valence electrons. The second-order valence-corrected chi connectivity index (χ2v) is 3.73. The first-order valence-corrected chi connectivity index (χ1v) is 5.59. The summed E-state index contributed by atoms with van der Waals surface area (Å²) in [6, 6.07) is -1.14. The highest BCUT2D eigenvalue weighted by Crippen LogP contribution is 2.19. The predicted molar refractivity (Wildman–Crippen MR) is 52.9 cm³/mol. The summed E-state index contributed by atoms with van der Waals surface area (Å²) in [5.41, 5.74) is 0. The van der Waals surface area contributed by atoms with Crippen molar-refractivity contribution in [3.05, 3.63) is 0 Å². The van der Waals surface area contributed by atoms with Gasteiger partial charge in [0.15, 0.2) is 6.29 Å². The zero-order valence-electron chi connectivity index (χ0n) is 8.49. The van der Waals surface area contributed by atoms with Crippen LogP contribution < -0.4 is 5.32 Å². The van der Waals surface area contributed by atoms with Crippen LogP contribution in [0, 0.1) is 0 Å². The Kier molecular flexibility index (Phi) is 7.11. The number of nitrogens with one attached hydrogen (secondary N) is 1. The molecule has 0 aliphatic carbocycles. The Bertz CT molecular complexity index is 271. The van der Waals surface area contributed by atoms with Gasteiger partial charge in [0.25, 0.3) is 0 Å². The van der Waals surface area contributed by atoms with Gasteiger partial charge in [-0.2, -0.15) is 0 Å². The van der Waals surface area contributed by atoms with E-state index in [4.69, 9.17) is 10.00 Å². The molecular weight excluding hydrogens is 241 g/mol. The summed E-state index contributed by atoms with van der Waals surface area (Å²) in [7, 11) is -3.39. The van der Waals surface area contributed by atoms with E-state index in [1.165, 1.54) is 0 Å². The Balaban J connectivity index is 4.54. The summed E-state index contributed by atoms with van der Waals surface area (Å²) in [5, 5.41) is 20.5. The topological polar surface area (TPSA) is 133 Å². The minimum Gasteiger partial charge on any atom is -0.394 e. The molecule has 8 nitrogen and oxygen atoms in total. The third kappa shape index (κ3) is 5.34. The predicted octanol–water partition coefficient (Wildman–Crippen LogP) is -2.19. The van der Waals surface area contributed by atoms with E-state index in [1.807, 2.05) is 0 Å². The molecule has 0 aliphatic rings. The molecule has 4 N–H and O–H groups in total. The van der Waals surface area contributed by atoms with Crippen molar-refractivity contribution >= 4 is 20.4 Å². The van der Waals surface area contributed by atoms with Gasteiger partial charge in [-0.05, 0) is 0 Å². The van der Waals surface area contributed by atoms with Gasteiger partial charge in [-0.25, -0.2) is 0 Å². The minimum absolute atomic E-state index is 0.119. The van der Waals surface area contributed by atoms with Gasteiger partial charge in [0.1, 0.15) is 12.2 Å². The van der Waals surface area contributed by atoms with E-state index in [9.17, 15) is 19.3 Å². The first-order chi connectivity index (χ1) is 7.42. The summed E-state index contributed by atoms with van der Waals surface area (Å²) in [4.78, 5) is 29.6. The maximum atomic E-state index is 10.7. The molecule has 16 heavy (non-hydrogen) atoms. The third-order valence-corrected chi connectivity index (χ3v) is 2.18. The van der Waals surface area contributed by atoms with Gasteiger partial charge in [0.2, 0.25) is 5.91 Å². The highest BCUT2D eigenvalue weighted by Gasteiger charge is 2.29. The fourth-order valence-corrected chi connectivity index (χ4v) is 1.45. The van der Waals surface area contributed by atoms with E-state index >= 15 is 0 Å². The van der Waals surface area contributed by atoms with Gasteiger partial charge >= 0.3 is 8.25 Å². The number of carbonyl (C=O) groups is 2. The number of carbonyl (C=O) groups excluding carboxylic acids is 2. The van der Waals surface area contributed by atoms with Crippen molar-refractivity contribution in [3.63, 3.8) is 0 Å². The third-order valence-electron chi connectivity index (χ3n) is 1.71. The molecule has 3 unspecified atom stereocenters. The standard InChI is InChI=1S/C7H14NO7P/c1-4(11)8-5(2-9)7(12)6(3-10)15-16(13)14/h3,5-7,9,12,16H,2H2,1H3,(H,8,11)(H,13,14)/t5?,6?,7-/m1/s1. The summed E-state index contributed by atoms with van der Waals surface area (Å²) >= 11 is 0. The van der Waals surface area contributed by atoms with Crippen LogP contribution in [0.25, 0.3) is 0 Å². The van der Waals surface area contributed by atoms with Gasteiger partial charge < -0.3 is 25.2 Å². The van der Waals surface area contributed by atoms with E-state index in [2.05, 4.69) is 9.84 Å². The van der Waals surface area contributed by atoms with Crippen LogP contribution in [0.1, 0.15) is 6.92 Å². The summed E-state index contributed by atoms with van der Waals surface area (Å²) in [6.07, 6.45) is -3.07. The zero-order chi connectivity index (χ0) is 12.7. The number of rotatable bonds is 7. The molecule has 0 aliphatic heterocycles. The lowest BCUT2D eigenvalue weighted by molar-refractivity contribution is -0.125. The monoisotopic (exact) mass is 255 g/mol. The average molecular weight is 255 g/mol. The molecule has 0 aromatic rings. The van der Waals surface area contributed by atoms with Crippen molar-refractivity contribution < 1.29 is 33.8 Å². The van der Waals surface area contributed by atoms with Crippen LogP contribution in [0.3, 0.4) is 0 Å². The fraction of sp³-hybridized carbons (Fsp3) is 0.714. The Morgan fingerprint density at radius 2 is 2.19 bits per heavy atom. The van der Waals surface area contributed by atoms with Crippen molar-refractivity contribution in [3.8, 4) is 0 Å². The lowest BCUT2D eigenvalue weighted by atomic mass is 10.1. The number of aldehydes is 1. The molecule has 0 saturated heterocycles. The Labute approximate surface area is 92.2 Å². The maximum Gasteiger partial charge on any atom is 0.317 e. The molecule has 0 fully saturated rings.